The number of nitrogens with two attached hydrogens (primary N) is 1. The molecule has 2 unspecified atom stereocenters. The zero-order chi connectivity index (χ0) is 16.6. The Labute approximate surface area is 130 Å². The largest absolute Gasteiger partial charge is 0.392 e. The second-order valence-corrected chi connectivity index (χ2v) is 5.27. The number of nitriles is 1. The van der Waals surface area contributed by atoms with Crippen molar-refractivity contribution in [2.45, 2.75) is 11.7 Å². The van der Waals surface area contributed by atoms with E-state index >= 15 is 0 Å². The highest BCUT2D eigenvalue weighted by molar-refractivity contribution is 5.70. The number of hydrogen-bond donors (Lipinski definition) is 2. The molecular weight excluding hydrogens is 302 g/mol. The molecule has 1 fully saturated rings. The lowest BCUT2D eigenvalue weighted by molar-refractivity contribution is -0.120. The minimum absolute atomic E-state index is 0.243. The fourth-order valence-corrected chi connectivity index (χ4v) is 2.96. The number of nitrogens with zero attached hydrogens (tertiary/aromatic N) is 4. The SMILES string of the molecule is N#C[C@]1(CO)O[C@@H](c2ccc3c(N)ncnn23)C(C=O)C1C=O. The Kier molecular flexibility index (Phi) is 3.55. The number of aliphatic hydroxyl groups is 1. The van der Waals surface area contributed by atoms with Gasteiger partial charge in [0, 0.05) is 0 Å². The summed E-state index contributed by atoms with van der Waals surface area (Å²) in [4.78, 5) is 26.8. The number of hydrogen-bond acceptors (Lipinski definition) is 8. The topological polar surface area (TPSA) is 144 Å². The summed E-state index contributed by atoms with van der Waals surface area (Å²) in [6.07, 6.45) is 1.36. The van der Waals surface area contributed by atoms with E-state index < -0.39 is 30.1 Å². The summed E-state index contributed by atoms with van der Waals surface area (Å²) in [6.45, 7) is -0.700. The predicted molar refractivity (Wildman–Crippen MR) is 75.8 cm³/mol. The summed E-state index contributed by atoms with van der Waals surface area (Å²) in [5, 5.41) is 22.9. The number of nitrogen functional groups attached to an aromatic ring is 1. The third-order valence-electron chi connectivity index (χ3n) is 4.17. The normalized spacial score (nSPS) is 30.2. The molecule has 0 amide bonds. The molecule has 0 spiro atoms. The van der Waals surface area contributed by atoms with E-state index in [4.69, 9.17) is 10.5 Å². The lowest BCUT2D eigenvalue weighted by atomic mass is 9.81. The minimum Gasteiger partial charge on any atom is -0.392 e. The molecule has 3 N–H and O–H groups in total. The second-order valence-electron chi connectivity index (χ2n) is 5.27. The lowest BCUT2D eigenvalue weighted by Crippen LogP contribution is -2.40. The van der Waals surface area contributed by atoms with Crippen LogP contribution in [0.25, 0.3) is 5.52 Å². The van der Waals surface area contributed by atoms with Gasteiger partial charge in [0.15, 0.2) is 11.4 Å². The highest BCUT2D eigenvalue weighted by Gasteiger charge is 2.56. The molecule has 4 atom stereocenters. The van der Waals surface area contributed by atoms with Crippen molar-refractivity contribution in [2.75, 3.05) is 12.3 Å². The summed E-state index contributed by atoms with van der Waals surface area (Å²) in [5.41, 5.74) is 4.96. The first-order chi connectivity index (χ1) is 11.1. The number of aldehydes is 2. The van der Waals surface area contributed by atoms with Gasteiger partial charge in [0.1, 0.15) is 36.6 Å². The second kappa shape index (κ2) is 5.42. The third kappa shape index (κ3) is 2.00. The standard InChI is InChI=1S/C14H13N5O4/c15-5-14(6-22)9(4-21)8(3-20)12(23-14)10-1-2-11-13(16)17-7-18-19(10)11/h1-4,7-9,12,22H,6H2,(H2,16,17,18)/t8?,9?,12-,14-/m1/s1. The molecule has 1 aliphatic heterocycles. The van der Waals surface area contributed by atoms with E-state index in [2.05, 4.69) is 10.1 Å². The van der Waals surface area contributed by atoms with Gasteiger partial charge in [-0.1, -0.05) is 0 Å². The average molecular weight is 315 g/mol. The molecule has 118 valence electrons. The van der Waals surface area contributed by atoms with Crippen LogP contribution in [0.2, 0.25) is 0 Å². The summed E-state index contributed by atoms with van der Waals surface area (Å²) < 4.78 is 7.09. The molecule has 9 heteroatoms. The number of anilines is 1. The molecule has 0 bridgehead atoms. The molecule has 3 rings (SSSR count). The third-order valence-corrected chi connectivity index (χ3v) is 4.17. The van der Waals surface area contributed by atoms with Gasteiger partial charge in [-0.2, -0.15) is 10.4 Å². The fraction of sp³-hybridized carbons (Fsp3) is 0.357. The molecule has 9 nitrogen and oxygen atoms in total. The van der Waals surface area contributed by atoms with Crippen molar-refractivity contribution in [3.63, 3.8) is 0 Å². The van der Waals surface area contributed by atoms with Crippen LogP contribution in [-0.4, -0.2) is 44.5 Å². The Morgan fingerprint density at radius 3 is 2.87 bits per heavy atom. The van der Waals surface area contributed by atoms with Gasteiger partial charge in [0.2, 0.25) is 0 Å². The van der Waals surface area contributed by atoms with Crippen LogP contribution in [0.4, 0.5) is 5.82 Å². The number of fused-ring (bicyclic) bond motifs is 1. The monoisotopic (exact) mass is 315 g/mol. The zero-order valence-corrected chi connectivity index (χ0v) is 11.9. The van der Waals surface area contributed by atoms with E-state index in [1.54, 1.807) is 12.1 Å². The van der Waals surface area contributed by atoms with Crippen molar-refractivity contribution in [3.05, 3.63) is 24.2 Å². The van der Waals surface area contributed by atoms with E-state index in [-0.39, 0.29) is 5.82 Å². The molecule has 2 aromatic rings. The Bertz CT molecular complexity index is 813. The first-order valence-corrected chi connectivity index (χ1v) is 6.80. The first-order valence-electron chi connectivity index (χ1n) is 6.80. The Morgan fingerprint density at radius 1 is 1.48 bits per heavy atom. The number of aliphatic hydroxyl groups excluding tert-OH is 1. The Hall–Kier alpha value is -2.83. The van der Waals surface area contributed by atoms with Crippen molar-refractivity contribution in [3.8, 4) is 6.07 Å². The summed E-state index contributed by atoms with van der Waals surface area (Å²) in [7, 11) is 0. The van der Waals surface area contributed by atoms with Crippen LogP contribution < -0.4 is 5.73 Å². The number of aromatic nitrogens is 3. The van der Waals surface area contributed by atoms with Crippen molar-refractivity contribution in [1.82, 2.24) is 14.6 Å². The summed E-state index contributed by atoms with van der Waals surface area (Å²) >= 11 is 0. The van der Waals surface area contributed by atoms with Crippen molar-refractivity contribution >= 4 is 23.9 Å². The Balaban J connectivity index is 2.15. The maximum absolute atomic E-state index is 11.5. The van der Waals surface area contributed by atoms with Gasteiger partial charge in [0.05, 0.1) is 24.1 Å². The quantitative estimate of drug-likeness (QED) is 0.702. The number of ether oxygens (including phenoxy) is 1. The maximum Gasteiger partial charge on any atom is 0.188 e. The highest BCUT2D eigenvalue weighted by atomic mass is 16.5. The molecule has 1 saturated heterocycles. The molecule has 2 aromatic heterocycles. The van der Waals surface area contributed by atoms with E-state index in [0.717, 1.165) is 0 Å². The van der Waals surface area contributed by atoms with Gasteiger partial charge < -0.3 is 25.2 Å². The maximum atomic E-state index is 11.5. The van der Waals surface area contributed by atoms with Gasteiger partial charge in [-0.05, 0) is 12.1 Å². The number of rotatable bonds is 4. The fourth-order valence-electron chi connectivity index (χ4n) is 2.96. The van der Waals surface area contributed by atoms with Crippen LogP contribution in [0.5, 0.6) is 0 Å². The first kappa shape index (κ1) is 15.1. The lowest BCUT2D eigenvalue weighted by Gasteiger charge is -2.21. The van der Waals surface area contributed by atoms with Crippen LogP contribution in [0.15, 0.2) is 18.5 Å². The summed E-state index contributed by atoms with van der Waals surface area (Å²) in [6, 6.07) is 5.10. The molecule has 1 aliphatic rings. The van der Waals surface area contributed by atoms with Gasteiger partial charge in [-0.15, -0.1) is 0 Å². The van der Waals surface area contributed by atoms with Crippen molar-refractivity contribution in [2.24, 2.45) is 11.8 Å². The summed E-state index contributed by atoms with van der Waals surface area (Å²) in [5.74, 6) is -1.76. The molecule has 3 heterocycles. The van der Waals surface area contributed by atoms with Crippen LogP contribution >= 0.6 is 0 Å². The highest BCUT2D eigenvalue weighted by Crippen LogP contribution is 2.46. The van der Waals surface area contributed by atoms with E-state index in [0.29, 0.717) is 23.8 Å². The van der Waals surface area contributed by atoms with Crippen LogP contribution in [0.1, 0.15) is 11.8 Å². The molecule has 23 heavy (non-hydrogen) atoms. The van der Waals surface area contributed by atoms with E-state index in [1.807, 2.05) is 6.07 Å². The van der Waals surface area contributed by atoms with Gasteiger partial charge in [-0.25, -0.2) is 9.50 Å². The van der Waals surface area contributed by atoms with E-state index in [9.17, 15) is 20.0 Å². The van der Waals surface area contributed by atoms with Crippen LogP contribution in [0, 0.1) is 23.2 Å². The van der Waals surface area contributed by atoms with Crippen LogP contribution in [0.3, 0.4) is 0 Å². The predicted octanol–water partition coefficient (Wildman–Crippen LogP) is -0.732. The molecule has 0 aromatic carbocycles. The molecule has 0 saturated carbocycles. The number of carbonyl (C=O) groups excluding carboxylic acids is 2. The minimum atomic E-state index is -1.76. The van der Waals surface area contributed by atoms with Crippen molar-refractivity contribution < 1.29 is 19.4 Å². The Morgan fingerprint density at radius 2 is 2.26 bits per heavy atom. The van der Waals surface area contributed by atoms with Crippen LogP contribution in [-0.2, 0) is 14.3 Å². The smallest absolute Gasteiger partial charge is 0.188 e. The number of carbonyl (C=O) groups is 2. The molecule has 0 radical (unpaired) electrons. The van der Waals surface area contributed by atoms with Crippen molar-refractivity contribution in [1.29, 1.82) is 5.26 Å². The zero-order valence-electron chi connectivity index (χ0n) is 11.9. The van der Waals surface area contributed by atoms with Gasteiger partial charge in [-0.3, -0.25) is 0 Å². The average Bonchev–Trinajstić information content (AvgIpc) is 3.14. The van der Waals surface area contributed by atoms with E-state index in [1.165, 1.54) is 10.8 Å². The van der Waals surface area contributed by atoms with Gasteiger partial charge >= 0.3 is 0 Å². The van der Waals surface area contributed by atoms with Gasteiger partial charge in [0.25, 0.3) is 0 Å². The molecular formula is C14H13N5O4. The molecule has 0 aliphatic carbocycles.